The van der Waals surface area contributed by atoms with Gasteiger partial charge < -0.3 is 5.32 Å². The summed E-state index contributed by atoms with van der Waals surface area (Å²) in [6.45, 7) is 5.16. The van der Waals surface area contributed by atoms with Crippen LogP contribution < -0.4 is 5.32 Å². The van der Waals surface area contributed by atoms with Gasteiger partial charge in [-0.25, -0.2) is 4.98 Å². The minimum atomic E-state index is 0.493. The number of rotatable bonds is 5. The monoisotopic (exact) mass is 326 g/mol. The fraction of sp³-hybridized carbons (Fsp3) is 0.333. The first-order valence-electron chi connectivity index (χ1n) is 5.70. The first-order valence-corrected chi connectivity index (χ1v) is 7.31. The summed E-state index contributed by atoms with van der Waals surface area (Å²) in [5.74, 6) is 0. The second-order valence-corrected chi connectivity index (χ2v) is 6.08. The zero-order chi connectivity index (χ0) is 13.0. The molecule has 0 unspecified atom stereocenters. The van der Waals surface area contributed by atoms with E-state index in [4.69, 9.17) is 0 Å². The van der Waals surface area contributed by atoms with E-state index in [0.29, 0.717) is 6.04 Å². The van der Waals surface area contributed by atoms with Crippen LogP contribution >= 0.6 is 27.7 Å². The smallest absolute Gasteiger partial charge is 0.188 e. The number of nitrogens with one attached hydrogen (secondary N) is 2. The molecule has 1 heterocycles. The Morgan fingerprint density at radius 2 is 2.28 bits per heavy atom. The molecule has 0 amide bonds. The Morgan fingerprint density at radius 3 is 2.89 bits per heavy atom. The summed E-state index contributed by atoms with van der Waals surface area (Å²) in [5, 5.41) is 10.9. The highest BCUT2D eigenvalue weighted by molar-refractivity contribution is 9.10. The molecule has 0 atom stereocenters. The highest BCUT2D eigenvalue weighted by Gasteiger charge is 2.06. The van der Waals surface area contributed by atoms with Gasteiger partial charge in [-0.2, -0.15) is 5.10 Å². The van der Waals surface area contributed by atoms with Crippen molar-refractivity contribution in [2.45, 2.75) is 36.5 Å². The normalized spacial score (nSPS) is 11.1. The van der Waals surface area contributed by atoms with Gasteiger partial charge in [0.05, 0.1) is 0 Å². The van der Waals surface area contributed by atoms with Gasteiger partial charge in [0, 0.05) is 22.0 Å². The molecule has 0 bridgehead atoms. The summed E-state index contributed by atoms with van der Waals surface area (Å²) in [6.07, 6.45) is 1.51. The lowest BCUT2D eigenvalue weighted by atomic mass is 10.2. The van der Waals surface area contributed by atoms with Gasteiger partial charge in [-0.1, -0.05) is 19.9 Å². The summed E-state index contributed by atoms with van der Waals surface area (Å²) in [7, 11) is 0. The molecule has 2 N–H and O–H groups in total. The van der Waals surface area contributed by atoms with Crippen LogP contribution in [0.5, 0.6) is 0 Å². The van der Waals surface area contributed by atoms with E-state index in [0.717, 1.165) is 21.1 Å². The molecule has 4 nitrogen and oxygen atoms in total. The van der Waals surface area contributed by atoms with Crippen LogP contribution in [0, 0.1) is 0 Å². The average Bonchev–Trinajstić information content (AvgIpc) is 2.82. The van der Waals surface area contributed by atoms with Crippen LogP contribution in [0.15, 0.2) is 39.1 Å². The maximum atomic E-state index is 4.10. The van der Waals surface area contributed by atoms with Crippen molar-refractivity contribution in [1.29, 1.82) is 0 Å². The lowest BCUT2D eigenvalue weighted by Crippen LogP contribution is -2.21. The third-order valence-corrected chi connectivity index (χ3v) is 4.19. The molecule has 0 saturated heterocycles. The zero-order valence-electron chi connectivity index (χ0n) is 10.3. The van der Waals surface area contributed by atoms with E-state index in [1.165, 1.54) is 11.9 Å². The third-order valence-electron chi connectivity index (χ3n) is 2.31. The molecule has 2 aromatic rings. The summed E-state index contributed by atoms with van der Waals surface area (Å²) in [5.41, 5.74) is 1.26. The molecule has 0 saturated carbocycles. The Morgan fingerprint density at radius 1 is 1.44 bits per heavy atom. The molecule has 0 aliphatic heterocycles. The number of hydrogen-bond acceptors (Lipinski definition) is 4. The van der Waals surface area contributed by atoms with E-state index in [2.05, 4.69) is 68.5 Å². The topological polar surface area (TPSA) is 53.6 Å². The van der Waals surface area contributed by atoms with E-state index >= 15 is 0 Å². The standard InChI is InChI=1S/C12H15BrN4S/c1-8(2)14-6-9-3-4-11(10(13)5-9)18-12-15-7-16-17-12/h3-5,7-8,14H,6H2,1-2H3,(H,15,16,17). The van der Waals surface area contributed by atoms with Crippen LogP contribution in [0.1, 0.15) is 19.4 Å². The molecule has 0 spiro atoms. The van der Waals surface area contributed by atoms with Crippen molar-refractivity contribution in [3.63, 3.8) is 0 Å². The third kappa shape index (κ3) is 3.83. The molecule has 0 aliphatic carbocycles. The predicted molar refractivity (Wildman–Crippen MR) is 76.6 cm³/mol. The molecular formula is C12H15BrN4S. The van der Waals surface area contributed by atoms with E-state index in [1.54, 1.807) is 11.8 Å². The van der Waals surface area contributed by atoms with Gasteiger partial charge in [-0.05, 0) is 45.4 Å². The van der Waals surface area contributed by atoms with Crippen LogP contribution in [0.25, 0.3) is 0 Å². The van der Waals surface area contributed by atoms with E-state index < -0.39 is 0 Å². The quantitative estimate of drug-likeness (QED) is 0.885. The van der Waals surface area contributed by atoms with Gasteiger partial charge in [0.1, 0.15) is 6.33 Å². The van der Waals surface area contributed by atoms with Crippen molar-refractivity contribution in [2.75, 3.05) is 0 Å². The largest absolute Gasteiger partial charge is 0.310 e. The van der Waals surface area contributed by atoms with Crippen molar-refractivity contribution in [1.82, 2.24) is 20.5 Å². The van der Waals surface area contributed by atoms with Gasteiger partial charge in [-0.15, -0.1) is 0 Å². The first kappa shape index (κ1) is 13.6. The molecule has 96 valence electrons. The van der Waals surface area contributed by atoms with Crippen molar-refractivity contribution >= 4 is 27.7 Å². The average molecular weight is 327 g/mol. The molecule has 18 heavy (non-hydrogen) atoms. The molecule has 1 aromatic carbocycles. The first-order chi connectivity index (χ1) is 8.65. The van der Waals surface area contributed by atoms with Crippen LogP contribution in [-0.2, 0) is 6.54 Å². The second-order valence-electron chi connectivity index (χ2n) is 4.19. The van der Waals surface area contributed by atoms with Gasteiger partial charge >= 0.3 is 0 Å². The highest BCUT2D eigenvalue weighted by atomic mass is 79.9. The van der Waals surface area contributed by atoms with Crippen molar-refractivity contribution in [3.8, 4) is 0 Å². The van der Waals surface area contributed by atoms with Gasteiger partial charge in [0.2, 0.25) is 0 Å². The maximum Gasteiger partial charge on any atom is 0.188 e. The fourth-order valence-corrected chi connectivity index (χ4v) is 2.77. The zero-order valence-corrected chi connectivity index (χ0v) is 12.7. The van der Waals surface area contributed by atoms with Gasteiger partial charge in [-0.3, -0.25) is 5.10 Å². The Labute approximate surface area is 119 Å². The summed E-state index contributed by atoms with van der Waals surface area (Å²) >= 11 is 5.15. The van der Waals surface area contributed by atoms with Crippen LogP contribution in [0.3, 0.4) is 0 Å². The predicted octanol–water partition coefficient (Wildman–Crippen LogP) is 3.22. The van der Waals surface area contributed by atoms with Crippen LogP contribution in [0.2, 0.25) is 0 Å². The molecule has 1 aromatic heterocycles. The van der Waals surface area contributed by atoms with E-state index in [1.807, 2.05) is 0 Å². The molecule has 6 heteroatoms. The van der Waals surface area contributed by atoms with Crippen molar-refractivity contribution in [3.05, 3.63) is 34.6 Å². The number of hydrogen-bond donors (Lipinski definition) is 2. The molecule has 0 fully saturated rings. The van der Waals surface area contributed by atoms with Crippen LogP contribution in [0.4, 0.5) is 0 Å². The minimum Gasteiger partial charge on any atom is -0.310 e. The fourth-order valence-electron chi connectivity index (χ4n) is 1.41. The highest BCUT2D eigenvalue weighted by Crippen LogP contribution is 2.31. The number of benzene rings is 1. The maximum absolute atomic E-state index is 4.10. The Kier molecular flexibility index (Phi) is 4.79. The molecule has 0 aliphatic rings. The molecule has 0 radical (unpaired) electrons. The Bertz CT molecular complexity index is 499. The number of halogens is 1. The summed E-state index contributed by atoms with van der Waals surface area (Å²) in [6, 6.07) is 6.84. The molecular weight excluding hydrogens is 312 g/mol. The number of nitrogens with zero attached hydrogens (tertiary/aromatic N) is 2. The van der Waals surface area contributed by atoms with Gasteiger partial charge in [0.25, 0.3) is 0 Å². The number of aromatic nitrogens is 3. The van der Waals surface area contributed by atoms with Crippen molar-refractivity contribution < 1.29 is 0 Å². The second kappa shape index (κ2) is 6.36. The number of aromatic amines is 1. The minimum absolute atomic E-state index is 0.493. The lowest BCUT2D eigenvalue weighted by molar-refractivity contribution is 0.588. The lowest BCUT2D eigenvalue weighted by Gasteiger charge is -2.09. The Balaban J connectivity index is 2.05. The SMILES string of the molecule is CC(C)NCc1ccc(Sc2ncn[nH]2)c(Br)c1. The Hall–Kier alpha value is -0.850. The van der Waals surface area contributed by atoms with Gasteiger partial charge in [0.15, 0.2) is 5.16 Å². The van der Waals surface area contributed by atoms with Crippen molar-refractivity contribution in [2.24, 2.45) is 0 Å². The summed E-state index contributed by atoms with van der Waals surface area (Å²) in [4.78, 5) is 5.22. The van der Waals surface area contributed by atoms with Crippen LogP contribution in [-0.4, -0.2) is 21.2 Å². The van der Waals surface area contributed by atoms with E-state index in [9.17, 15) is 0 Å². The number of H-pyrrole nitrogens is 1. The molecule has 2 rings (SSSR count). The van der Waals surface area contributed by atoms with E-state index in [-0.39, 0.29) is 0 Å². The summed E-state index contributed by atoms with van der Waals surface area (Å²) < 4.78 is 1.08.